The van der Waals surface area contributed by atoms with Crippen LogP contribution in [0.5, 0.6) is 0 Å². The fourth-order valence-corrected chi connectivity index (χ4v) is 3.07. The van der Waals surface area contributed by atoms with Gasteiger partial charge < -0.3 is 14.9 Å². The number of hydrogen-bond acceptors (Lipinski definition) is 4. The molecule has 1 amide bonds. The van der Waals surface area contributed by atoms with Crippen LogP contribution in [0.4, 0.5) is 0 Å². The Labute approximate surface area is 161 Å². The summed E-state index contributed by atoms with van der Waals surface area (Å²) in [5.74, 6) is 0.585. The fraction of sp³-hybridized carbons (Fsp3) is 0.500. The number of nitrogens with one attached hydrogen (secondary N) is 1. The molecule has 7 nitrogen and oxygen atoms in total. The molecule has 0 aliphatic carbocycles. The van der Waals surface area contributed by atoms with E-state index < -0.39 is 5.91 Å². The number of unbranched alkanes of at least 4 members (excludes halogenated alkanes) is 1. The van der Waals surface area contributed by atoms with E-state index in [9.17, 15) is 4.79 Å². The molecule has 2 rings (SSSR count). The molecule has 150 valence electrons. The largest absolute Gasteiger partial charge is 0.412 e. The lowest BCUT2D eigenvalue weighted by molar-refractivity contribution is -0.124. The van der Waals surface area contributed by atoms with Crippen molar-refractivity contribution in [1.82, 2.24) is 19.9 Å². The average molecular weight is 377 g/mol. The fourth-order valence-electron chi connectivity index (χ4n) is 3.07. The quantitative estimate of drug-likeness (QED) is 0.378. The lowest BCUT2D eigenvalue weighted by Gasteiger charge is -2.19. The van der Waals surface area contributed by atoms with Crippen LogP contribution in [0.15, 0.2) is 24.3 Å². The van der Waals surface area contributed by atoms with Crippen molar-refractivity contribution < 1.29 is 15.5 Å². The summed E-state index contributed by atoms with van der Waals surface area (Å²) in [6.45, 7) is 10.6. The first-order valence-electron chi connectivity index (χ1n) is 9.46. The number of benzene rings is 1. The molecule has 0 fully saturated rings. The third-order valence-corrected chi connectivity index (χ3v) is 4.68. The number of carbonyl (C=O) groups excluding carboxylic acids is 1. The van der Waals surface area contributed by atoms with E-state index in [-0.39, 0.29) is 5.48 Å². The molecule has 0 aliphatic rings. The van der Waals surface area contributed by atoms with Crippen molar-refractivity contribution in [3.05, 3.63) is 35.7 Å². The van der Waals surface area contributed by atoms with Crippen LogP contribution in [0.3, 0.4) is 0 Å². The predicted octanol–water partition coefficient (Wildman–Crippen LogP) is 2.41. The Morgan fingerprint density at radius 1 is 1.30 bits per heavy atom. The molecule has 0 saturated heterocycles. The second-order valence-electron chi connectivity index (χ2n) is 6.37. The van der Waals surface area contributed by atoms with Crippen LogP contribution < -0.4 is 5.48 Å². The Morgan fingerprint density at radius 3 is 2.67 bits per heavy atom. The number of carbonyl (C=O) groups is 1. The lowest BCUT2D eigenvalue weighted by Crippen LogP contribution is -2.27. The Kier molecular flexibility index (Phi) is 9.71. The Morgan fingerprint density at radius 2 is 2.04 bits per heavy atom. The molecule has 0 atom stereocenters. The van der Waals surface area contributed by atoms with Gasteiger partial charge in [0, 0.05) is 25.6 Å². The van der Waals surface area contributed by atoms with E-state index in [4.69, 9.17) is 10.2 Å². The van der Waals surface area contributed by atoms with Gasteiger partial charge in [-0.3, -0.25) is 10.0 Å². The standard InChI is InChI=1S/C20H30N4O2.H2O/c1-4-7-8-19-21-17-15-16(10-12-20(25)22-26)9-11-18(17)24(19)14-13-23(5-2)6-3;/h9-12,15,26H,4-8,13-14H2,1-3H3,(H,22,25);1H2/b12-10+;. The van der Waals surface area contributed by atoms with E-state index in [1.54, 1.807) is 11.6 Å². The SMILES string of the molecule is CCCCc1nc2cc(/C=C/C(=O)NO)ccc2n1CCN(CC)CC.O. The van der Waals surface area contributed by atoms with Gasteiger partial charge in [-0.2, -0.15) is 0 Å². The van der Waals surface area contributed by atoms with E-state index in [1.807, 2.05) is 12.1 Å². The van der Waals surface area contributed by atoms with Crippen molar-refractivity contribution in [2.75, 3.05) is 19.6 Å². The second-order valence-corrected chi connectivity index (χ2v) is 6.37. The summed E-state index contributed by atoms with van der Waals surface area (Å²) < 4.78 is 2.33. The van der Waals surface area contributed by atoms with Crippen LogP contribution in [-0.4, -0.2) is 50.7 Å². The number of fused-ring (bicyclic) bond motifs is 1. The molecule has 7 heteroatoms. The lowest BCUT2D eigenvalue weighted by atomic mass is 10.2. The summed E-state index contributed by atoms with van der Waals surface area (Å²) in [6.07, 6.45) is 6.21. The maximum Gasteiger partial charge on any atom is 0.267 e. The number of nitrogens with zero attached hydrogens (tertiary/aromatic N) is 3. The molecule has 0 bridgehead atoms. The van der Waals surface area contributed by atoms with Gasteiger partial charge in [0.1, 0.15) is 5.82 Å². The number of aromatic nitrogens is 2. The van der Waals surface area contributed by atoms with Crippen LogP contribution in [0.2, 0.25) is 0 Å². The number of hydrogen-bond donors (Lipinski definition) is 2. The Hall–Kier alpha value is -2.22. The van der Waals surface area contributed by atoms with E-state index >= 15 is 0 Å². The van der Waals surface area contributed by atoms with Crippen molar-refractivity contribution in [2.45, 2.75) is 46.6 Å². The van der Waals surface area contributed by atoms with E-state index in [1.165, 1.54) is 6.08 Å². The highest BCUT2D eigenvalue weighted by atomic mass is 16.5. The highest BCUT2D eigenvalue weighted by molar-refractivity contribution is 5.91. The smallest absolute Gasteiger partial charge is 0.267 e. The minimum atomic E-state index is -0.543. The van der Waals surface area contributed by atoms with Gasteiger partial charge in [-0.25, -0.2) is 10.5 Å². The summed E-state index contributed by atoms with van der Waals surface area (Å²) in [7, 11) is 0. The summed E-state index contributed by atoms with van der Waals surface area (Å²) >= 11 is 0. The molecule has 2 aromatic rings. The van der Waals surface area contributed by atoms with Gasteiger partial charge in [0.15, 0.2) is 0 Å². The zero-order chi connectivity index (χ0) is 18.9. The number of amides is 1. The van der Waals surface area contributed by atoms with Gasteiger partial charge in [0.25, 0.3) is 5.91 Å². The van der Waals surface area contributed by atoms with Gasteiger partial charge in [-0.15, -0.1) is 0 Å². The van der Waals surface area contributed by atoms with Crippen LogP contribution >= 0.6 is 0 Å². The van der Waals surface area contributed by atoms with Crippen LogP contribution in [-0.2, 0) is 17.8 Å². The zero-order valence-electron chi connectivity index (χ0n) is 16.5. The number of likely N-dealkylation sites (N-methyl/N-ethyl adjacent to an activating group) is 1. The van der Waals surface area contributed by atoms with Crippen molar-refractivity contribution in [2.24, 2.45) is 0 Å². The van der Waals surface area contributed by atoms with Gasteiger partial charge in [0.05, 0.1) is 11.0 Å². The van der Waals surface area contributed by atoms with Crippen LogP contribution in [0.25, 0.3) is 17.1 Å². The van der Waals surface area contributed by atoms with Crippen LogP contribution in [0.1, 0.15) is 45.0 Å². The first kappa shape index (κ1) is 22.8. The maximum absolute atomic E-state index is 11.2. The number of hydroxylamine groups is 1. The first-order chi connectivity index (χ1) is 12.6. The van der Waals surface area contributed by atoms with Gasteiger partial charge in [-0.1, -0.05) is 33.3 Å². The number of rotatable bonds is 10. The highest BCUT2D eigenvalue weighted by Crippen LogP contribution is 2.20. The monoisotopic (exact) mass is 376 g/mol. The summed E-state index contributed by atoms with van der Waals surface area (Å²) in [4.78, 5) is 18.4. The van der Waals surface area contributed by atoms with E-state index in [0.717, 1.165) is 67.9 Å². The molecule has 0 spiro atoms. The molecule has 1 aromatic carbocycles. The molecule has 1 aromatic heterocycles. The van der Waals surface area contributed by atoms with Crippen molar-refractivity contribution in [3.8, 4) is 0 Å². The third kappa shape index (κ3) is 6.16. The maximum atomic E-state index is 11.2. The van der Waals surface area contributed by atoms with Crippen molar-refractivity contribution >= 4 is 23.0 Å². The summed E-state index contributed by atoms with van der Waals surface area (Å²) in [6, 6.07) is 6.03. The molecular formula is C20H32N4O3. The molecule has 0 unspecified atom stereocenters. The topological polar surface area (TPSA) is 102 Å². The minimum Gasteiger partial charge on any atom is -0.412 e. The first-order valence-corrected chi connectivity index (χ1v) is 9.46. The second kappa shape index (κ2) is 11.5. The van der Waals surface area contributed by atoms with Gasteiger partial charge in [0.2, 0.25) is 0 Å². The third-order valence-electron chi connectivity index (χ3n) is 4.68. The zero-order valence-corrected chi connectivity index (χ0v) is 16.5. The minimum absolute atomic E-state index is 0. The van der Waals surface area contributed by atoms with E-state index in [0.29, 0.717) is 0 Å². The summed E-state index contributed by atoms with van der Waals surface area (Å²) in [5.41, 5.74) is 4.56. The molecule has 27 heavy (non-hydrogen) atoms. The van der Waals surface area contributed by atoms with Gasteiger partial charge >= 0.3 is 0 Å². The number of aryl methyl sites for hydroxylation is 1. The molecule has 1 heterocycles. The molecular weight excluding hydrogens is 344 g/mol. The van der Waals surface area contributed by atoms with E-state index in [2.05, 4.69) is 36.3 Å². The highest BCUT2D eigenvalue weighted by Gasteiger charge is 2.12. The normalized spacial score (nSPS) is 11.3. The Bertz CT molecular complexity index is 751. The van der Waals surface area contributed by atoms with Gasteiger partial charge in [-0.05, 0) is 43.3 Å². The molecule has 0 saturated carbocycles. The summed E-state index contributed by atoms with van der Waals surface area (Å²) in [5, 5.41) is 8.58. The average Bonchev–Trinajstić information content (AvgIpc) is 3.01. The van der Waals surface area contributed by atoms with Crippen molar-refractivity contribution in [3.63, 3.8) is 0 Å². The van der Waals surface area contributed by atoms with Crippen molar-refractivity contribution in [1.29, 1.82) is 0 Å². The van der Waals surface area contributed by atoms with Crippen LogP contribution in [0, 0.1) is 0 Å². The molecule has 0 radical (unpaired) electrons. The Balaban J connectivity index is 0.00000364. The number of imidazole rings is 1. The predicted molar refractivity (Wildman–Crippen MR) is 109 cm³/mol. The molecule has 4 N–H and O–H groups in total. The molecule has 0 aliphatic heterocycles.